The zero-order valence-electron chi connectivity index (χ0n) is 74.9. The van der Waals surface area contributed by atoms with Crippen molar-refractivity contribution in [2.24, 2.45) is 0 Å². The van der Waals surface area contributed by atoms with Crippen LogP contribution in [0.5, 0.6) is 0 Å². The minimum absolute atomic E-state index is 0.00231. The first-order chi connectivity index (χ1) is 62.1. The number of nitrogens with zero attached hydrogens (tertiary/aromatic N) is 14. The van der Waals surface area contributed by atoms with E-state index in [1.807, 2.05) is 176 Å². The third-order valence-corrected chi connectivity index (χ3v) is 26.1. The first-order valence-electron chi connectivity index (χ1n) is 43.0. The molecule has 0 aliphatic carbocycles. The molecule has 0 bridgehead atoms. The number of benzene rings is 8. The summed E-state index contributed by atoms with van der Waals surface area (Å²) in [5, 5.41) is 12.1. The molecule has 16 rings (SSSR count). The number of aromatic amines is 1. The Kier molecular flexibility index (Phi) is 27.0. The number of pyridine rings is 4. The van der Waals surface area contributed by atoms with Gasteiger partial charge < -0.3 is 40.9 Å². The quantitative estimate of drug-likeness (QED) is 0.0492. The molecular formula is C103H101Cl4N17O6. The topological polar surface area (TPSA) is 243 Å². The number of hydrogen-bond acceptors (Lipinski definition) is 13. The highest BCUT2D eigenvalue weighted by Crippen LogP contribution is 2.49. The van der Waals surface area contributed by atoms with Gasteiger partial charge in [-0.1, -0.05) is 162 Å². The fraction of sp³-hybridized carbons (Fsp3) is 0.272. The number of hydrogen-bond donors (Lipinski definition) is 3. The van der Waals surface area contributed by atoms with Crippen LogP contribution in [-0.4, -0.2) is 138 Å². The van der Waals surface area contributed by atoms with Crippen molar-refractivity contribution in [2.45, 2.75) is 126 Å². The fourth-order valence-corrected chi connectivity index (χ4v) is 19.5. The Bertz CT molecular complexity index is 7180. The minimum Gasteiger partial charge on any atom is -0.398 e. The number of anilines is 5. The van der Waals surface area contributed by atoms with Crippen LogP contribution >= 0.6 is 46.4 Å². The van der Waals surface area contributed by atoms with Gasteiger partial charge in [0.1, 0.15) is 0 Å². The van der Waals surface area contributed by atoms with Crippen molar-refractivity contribution < 1.29 is 14.4 Å². The molecule has 5 aromatic heterocycles. The normalized spacial score (nSPS) is 15.2. The summed E-state index contributed by atoms with van der Waals surface area (Å²) in [7, 11) is 0. The monoisotopic (exact) mass is 1810 g/mol. The van der Waals surface area contributed by atoms with E-state index in [-0.39, 0.29) is 70.7 Å². The molecule has 662 valence electrons. The molecule has 3 aliphatic rings. The summed E-state index contributed by atoms with van der Waals surface area (Å²) in [4.78, 5) is 108. The average molecular weight is 1810 g/mol. The van der Waals surface area contributed by atoms with Gasteiger partial charge in [0.05, 0.1) is 87.8 Å². The highest BCUT2D eigenvalue weighted by Gasteiger charge is 2.37. The Hall–Kier alpha value is -13.7. The molecule has 3 amide bonds. The smallest absolute Gasteiger partial charge is 0.274 e. The molecule has 3 fully saturated rings. The van der Waals surface area contributed by atoms with Crippen molar-refractivity contribution >= 4 is 153 Å². The third kappa shape index (κ3) is 17.0. The van der Waals surface area contributed by atoms with Crippen molar-refractivity contribution in [1.82, 2.24) is 43.6 Å². The molecular weight excluding hydrogens is 1710 g/mol. The van der Waals surface area contributed by atoms with Gasteiger partial charge in [-0.2, -0.15) is 5.10 Å². The van der Waals surface area contributed by atoms with Crippen LogP contribution in [0.2, 0.25) is 20.1 Å². The van der Waals surface area contributed by atoms with Gasteiger partial charge in [-0.05, 0) is 203 Å². The Labute approximate surface area is 775 Å². The zero-order valence-corrected chi connectivity index (χ0v) is 77.9. The number of piperazine rings is 3. The number of nitrogens with one attached hydrogen (secondary N) is 1. The molecule has 0 radical (unpaired) electrons. The predicted octanol–water partition coefficient (Wildman–Crippen LogP) is 21.9. The fourth-order valence-electron chi connectivity index (χ4n) is 18.6. The van der Waals surface area contributed by atoms with Gasteiger partial charge in [0.15, 0.2) is 0 Å². The molecule has 3 saturated heterocycles. The van der Waals surface area contributed by atoms with Gasteiger partial charge in [-0.15, -0.1) is 0 Å². The lowest BCUT2D eigenvalue weighted by molar-refractivity contribution is -0.127. The van der Waals surface area contributed by atoms with E-state index in [9.17, 15) is 28.8 Å². The second-order valence-electron chi connectivity index (χ2n) is 34.3. The standard InChI is InChI=1S/C35H34ClN7O2.C35H36ClN5O2.C33H31Cl2N5O2/c1-8-29(44)41-13-14-42(22(6)18-41)34-24-15-26(36)23(30-20(4)9-10-27-25(30)17-39-40-27)16-28(24)43(35(45)32(34)37-7)33-21(5)11-12-38-31(33)19(2)3;1-8-31(42)39-13-14-40(23(6)19-39)34-27-17-28(36)25(26-16-21(4)15-22(5)32(26)37)18-30(27)41(35(43)33(34)38-7)29-12-10-9-11-24(29)20(2)3;1-6-30(41)38-13-14-39(20(4)18-38)32-25-16-26(35)23(24-15-21(34)11-12-27(24)36)17-29(25)40(33(42)31(32)37-5)28-10-8-7-9-22(28)19(2)3/h8-12,15-17,19,22H,1,13-14,18H2,2-6H3,(H,39,40);8-12,15-18,20,23H,1,13-14,19,37H2,2-6H3;6-12,15-17,19-20H,1,13-14,18,36H2,2-4H3/t22-;23-;20-/m000/s1. The van der Waals surface area contributed by atoms with E-state index in [0.29, 0.717) is 168 Å². The van der Waals surface area contributed by atoms with Crippen LogP contribution in [0.15, 0.2) is 198 Å². The first kappa shape index (κ1) is 92.4. The van der Waals surface area contributed by atoms with Gasteiger partial charge in [0.2, 0.25) is 17.7 Å². The third-order valence-electron chi connectivity index (χ3n) is 24.9. The highest BCUT2D eigenvalue weighted by molar-refractivity contribution is 6.36. The molecule has 3 aliphatic heterocycles. The summed E-state index contributed by atoms with van der Waals surface area (Å²) in [6.07, 6.45) is 7.47. The minimum atomic E-state index is -0.426. The van der Waals surface area contributed by atoms with E-state index in [4.69, 9.17) is 82.6 Å². The first-order valence-corrected chi connectivity index (χ1v) is 44.6. The number of rotatable bonds is 15. The second-order valence-corrected chi connectivity index (χ2v) is 36.0. The van der Waals surface area contributed by atoms with Crippen LogP contribution in [0.3, 0.4) is 0 Å². The highest BCUT2D eigenvalue weighted by atomic mass is 35.5. The molecule has 0 spiro atoms. The van der Waals surface area contributed by atoms with Crippen LogP contribution < -0.4 is 42.8 Å². The lowest BCUT2D eigenvalue weighted by Gasteiger charge is -2.42. The van der Waals surface area contributed by atoms with Crippen LogP contribution in [0.1, 0.15) is 119 Å². The maximum Gasteiger partial charge on any atom is 0.274 e. The molecule has 8 aromatic carbocycles. The van der Waals surface area contributed by atoms with Gasteiger partial charge >= 0.3 is 0 Å². The molecule has 8 heterocycles. The predicted molar refractivity (Wildman–Crippen MR) is 532 cm³/mol. The number of aromatic nitrogens is 6. The van der Waals surface area contributed by atoms with Gasteiger partial charge in [-0.25, -0.2) is 14.5 Å². The van der Waals surface area contributed by atoms with Gasteiger partial charge in [0, 0.05) is 164 Å². The Morgan fingerprint density at radius 2 is 0.892 bits per heavy atom. The van der Waals surface area contributed by atoms with Crippen molar-refractivity contribution in [3.63, 3.8) is 0 Å². The van der Waals surface area contributed by atoms with Crippen molar-refractivity contribution in [3.05, 3.63) is 308 Å². The maximum absolute atomic E-state index is 14.7. The second kappa shape index (κ2) is 37.9. The van der Waals surface area contributed by atoms with Crippen LogP contribution in [0.25, 0.3) is 109 Å². The molecule has 130 heavy (non-hydrogen) atoms. The van der Waals surface area contributed by atoms with Gasteiger partial charge in [0.25, 0.3) is 33.7 Å². The number of para-hydroxylation sites is 2. The SMILES string of the molecule is [C-]#[N+]c1c(N2CCN(C(=O)C=C)C[C@@H]2C)c2cc(Cl)c(-c3c(C)ccc4[nH]ncc34)cc2n(-c2c(C)ccnc2C(C)C)c1=O.[C-]#[N+]c1c(N2CCN(C(=O)C=C)C[C@@H]2C)c2cc(Cl)c(-c3cc(C)cc(C)c3N)cc2n(-c2ccccc2C(C)C)c1=O.[C-]#[N+]c1c(N2CCN(C(=O)C=C)C[C@@H]2C)c2cc(Cl)c(-c3cc(Cl)ccc3N)cc2n(-c2ccccc2C(C)C)c1=O. The summed E-state index contributed by atoms with van der Waals surface area (Å²) >= 11 is 27.5. The largest absolute Gasteiger partial charge is 0.398 e. The van der Waals surface area contributed by atoms with Crippen molar-refractivity contribution in [3.8, 4) is 50.4 Å². The number of nitrogens with two attached hydrogens (primary N) is 2. The average Bonchev–Trinajstić information content (AvgIpc) is 0.822. The van der Waals surface area contributed by atoms with E-state index in [0.717, 1.165) is 72.4 Å². The van der Waals surface area contributed by atoms with Crippen LogP contribution in [-0.2, 0) is 14.4 Å². The number of H-pyrrole nitrogens is 1. The molecule has 13 aromatic rings. The lowest BCUT2D eigenvalue weighted by Crippen LogP contribution is -2.53. The van der Waals surface area contributed by atoms with E-state index in [1.54, 1.807) is 65.1 Å². The molecule has 3 atom stereocenters. The molecule has 0 saturated carbocycles. The maximum atomic E-state index is 14.7. The molecule has 23 nitrogen and oxygen atoms in total. The number of amides is 3. The Balaban J connectivity index is 0.000000157. The van der Waals surface area contributed by atoms with E-state index in [1.165, 1.54) is 18.2 Å². The number of fused-ring (bicyclic) bond motifs is 4. The van der Waals surface area contributed by atoms with Crippen LogP contribution in [0.4, 0.5) is 45.5 Å². The van der Waals surface area contributed by atoms with Crippen molar-refractivity contribution in [2.75, 3.05) is 85.1 Å². The number of aryl methyl sites for hydroxylation is 4. The molecule has 5 N–H and O–H groups in total. The van der Waals surface area contributed by atoms with Gasteiger partial charge in [-0.3, -0.25) is 52.6 Å². The number of halogens is 4. The molecule has 27 heteroatoms. The summed E-state index contributed by atoms with van der Waals surface area (Å²) in [5.74, 6) is -0.166. The van der Waals surface area contributed by atoms with E-state index in [2.05, 4.69) is 82.0 Å². The van der Waals surface area contributed by atoms with E-state index >= 15 is 0 Å². The number of carbonyl (C=O) groups excluding carboxylic acids is 3. The van der Waals surface area contributed by atoms with Crippen LogP contribution in [0, 0.1) is 47.4 Å². The van der Waals surface area contributed by atoms with Crippen molar-refractivity contribution in [1.29, 1.82) is 0 Å². The summed E-state index contributed by atoms with van der Waals surface area (Å²) < 4.78 is 4.92. The molecule has 0 unspecified atom stereocenters. The zero-order chi connectivity index (χ0) is 93.6. The lowest BCUT2D eigenvalue weighted by atomic mass is 9.94. The summed E-state index contributed by atoms with van der Waals surface area (Å²) in [6.45, 7) is 65.7. The van der Waals surface area contributed by atoms with E-state index < -0.39 is 16.7 Å². The Morgan fingerprint density at radius 1 is 0.469 bits per heavy atom. The summed E-state index contributed by atoms with van der Waals surface area (Å²) in [6, 6.07) is 41.4. The number of carbonyl (C=O) groups is 3. The summed E-state index contributed by atoms with van der Waals surface area (Å²) in [5.41, 5.74) is 30.2. The number of nitrogen functional groups attached to an aromatic ring is 2. The Morgan fingerprint density at radius 3 is 1.32 bits per heavy atom.